The van der Waals surface area contributed by atoms with E-state index in [0.29, 0.717) is 0 Å². The summed E-state index contributed by atoms with van der Waals surface area (Å²) in [7, 11) is 0. The molecule has 0 fully saturated rings. The van der Waals surface area contributed by atoms with Gasteiger partial charge >= 0.3 is 0 Å². The second kappa shape index (κ2) is 15.1. The lowest BCUT2D eigenvalue weighted by Gasteiger charge is -2.22. The summed E-state index contributed by atoms with van der Waals surface area (Å²) in [5.74, 6) is -0.353. The summed E-state index contributed by atoms with van der Waals surface area (Å²) < 4.78 is 0. The van der Waals surface area contributed by atoms with E-state index in [-0.39, 0.29) is 24.3 Å². The minimum atomic E-state index is -0.244. The van der Waals surface area contributed by atoms with Gasteiger partial charge in [-0.3, -0.25) is 4.79 Å². The van der Waals surface area contributed by atoms with Gasteiger partial charge in [-0.25, -0.2) is 0 Å². The predicted octanol–water partition coefficient (Wildman–Crippen LogP) is 4.58. The van der Waals surface area contributed by atoms with Gasteiger partial charge in [0.25, 0.3) is 0 Å². The Morgan fingerprint density at radius 1 is 0.955 bits per heavy atom. The Morgan fingerprint density at radius 3 is 2.14 bits per heavy atom. The van der Waals surface area contributed by atoms with Crippen LogP contribution in [-0.4, -0.2) is 17.6 Å². The number of carbonyl (C=O) groups excluding carboxylic acids is 1. The minimum absolute atomic E-state index is 0.0454. The first-order valence-corrected chi connectivity index (χ1v) is 9.22. The van der Waals surface area contributed by atoms with E-state index >= 15 is 0 Å². The van der Waals surface area contributed by atoms with Crippen molar-refractivity contribution >= 4 is 5.91 Å². The quantitative estimate of drug-likeness (QED) is 0.343. The summed E-state index contributed by atoms with van der Waals surface area (Å²) in [4.78, 5) is 11.6. The molecule has 22 heavy (non-hydrogen) atoms. The molecule has 3 nitrogen and oxygen atoms in total. The van der Waals surface area contributed by atoms with E-state index < -0.39 is 0 Å². The molecule has 0 aliphatic rings. The lowest BCUT2D eigenvalue weighted by Crippen LogP contribution is -2.32. The Bertz CT molecular complexity index is 289. The fourth-order valence-electron chi connectivity index (χ4n) is 2.94. The van der Waals surface area contributed by atoms with Crippen molar-refractivity contribution in [2.45, 2.75) is 84.5 Å². The molecule has 0 aliphatic heterocycles. The van der Waals surface area contributed by atoms with Gasteiger partial charge in [0.1, 0.15) is 0 Å². The van der Waals surface area contributed by atoms with E-state index in [0.717, 1.165) is 38.5 Å². The van der Waals surface area contributed by atoms with Crippen LogP contribution in [0.3, 0.4) is 0 Å². The van der Waals surface area contributed by atoms with Crippen molar-refractivity contribution in [2.75, 3.05) is 6.61 Å². The molecular weight excluding hydrogens is 274 g/mol. The molecule has 0 saturated heterocycles. The number of rotatable bonds is 15. The van der Waals surface area contributed by atoms with Crippen molar-refractivity contribution in [2.24, 2.45) is 17.6 Å². The second-order valence-corrected chi connectivity index (χ2v) is 6.35. The smallest absolute Gasteiger partial charge is 0.220 e. The van der Waals surface area contributed by atoms with E-state index in [1.165, 1.54) is 32.1 Å². The Labute approximate surface area is 137 Å². The maximum Gasteiger partial charge on any atom is 0.220 e. The molecule has 0 spiro atoms. The van der Waals surface area contributed by atoms with Crippen LogP contribution in [0.5, 0.6) is 0 Å². The lowest BCUT2D eigenvalue weighted by atomic mass is 9.84. The van der Waals surface area contributed by atoms with Crippen LogP contribution in [0.15, 0.2) is 12.2 Å². The van der Waals surface area contributed by atoms with Crippen LogP contribution < -0.4 is 5.73 Å². The zero-order chi connectivity index (χ0) is 16.6. The van der Waals surface area contributed by atoms with Gasteiger partial charge in [-0.05, 0) is 38.0 Å². The average Bonchev–Trinajstić information content (AvgIpc) is 2.50. The maximum atomic E-state index is 11.6. The van der Waals surface area contributed by atoms with Gasteiger partial charge in [0.2, 0.25) is 5.91 Å². The van der Waals surface area contributed by atoms with Gasteiger partial charge in [0.05, 0.1) is 0 Å². The Kier molecular flexibility index (Phi) is 14.5. The van der Waals surface area contributed by atoms with Crippen LogP contribution in [0.2, 0.25) is 0 Å². The number of carbonyl (C=O) groups is 1. The van der Waals surface area contributed by atoms with Crippen LogP contribution >= 0.6 is 0 Å². The highest BCUT2D eigenvalue weighted by Gasteiger charge is 2.24. The van der Waals surface area contributed by atoms with Crippen LogP contribution in [0.1, 0.15) is 84.5 Å². The summed E-state index contributed by atoms with van der Waals surface area (Å²) in [6.07, 6.45) is 16.8. The summed E-state index contributed by atoms with van der Waals surface area (Å²) in [6.45, 7) is 4.37. The number of aliphatic hydroxyl groups is 1. The van der Waals surface area contributed by atoms with Crippen molar-refractivity contribution < 1.29 is 9.90 Å². The maximum absolute atomic E-state index is 11.6. The molecule has 0 saturated carbocycles. The number of hydrogen-bond donors (Lipinski definition) is 2. The number of aliphatic hydroxyl groups excluding tert-OH is 1. The zero-order valence-electron chi connectivity index (χ0n) is 14.7. The molecule has 0 heterocycles. The normalized spacial score (nSPS) is 14.3. The molecule has 0 bridgehead atoms. The van der Waals surface area contributed by atoms with Gasteiger partial charge < -0.3 is 10.8 Å². The van der Waals surface area contributed by atoms with Gasteiger partial charge in [-0.1, -0.05) is 64.5 Å². The third-order valence-corrected chi connectivity index (χ3v) is 4.36. The number of unbranched alkanes of at least 4 members (excludes halogenated alkanes) is 6. The third-order valence-electron chi connectivity index (χ3n) is 4.36. The van der Waals surface area contributed by atoms with E-state index in [1.54, 1.807) is 0 Å². The Hall–Kier alpha value is -0.830. The highest BCUT2D eigenvalue weighted by molar-refractivity contribution is 5.76. The van der Waals surface area contributed by atoms with E-state index in [1.807, 2.05) is 0 Å². The number of primary amides is 1. The molecule has 0 rings (SSSR count). The summed E-state index contributed by atoms with van der Waals surface area (Å²) in [5.41, 5.74) is 5.50. The number of nitrogens with two attached hydrogens (primary N) is 1. The zero-order valence-corrected chi connectivity index (χ0v) is 14.7. The molecule has 0 aromatic heterocycles. The van der Waals surface area contributed by atoms with Crippen molar-refractivity contribution in [3.63, 3.8) is 0 Å². The first-order valence-electron chi connectivity index (χ1n) is 9.22. The third kappa shape index (κ3) is 10.8. The molecular formula is C19H37NO2. The van der Waals surface area contributed by atoms with E-state index in [2.05, 4.69) is 26.0 Å². The molecule has 3 heteroatoms. The fourth-order valence-corrected chi connectivity index (χ4v) is 2.94. The van der Waals surface area contributed by atoms with Crippen molar-refractivity contribution in [1.82, 2.24) is 0 Å². The van der Waals surface area contributed by atoms with Gasteiger partial charge in [-0.2, -0.15) is 0 Å². The van der Waals surface area contributed by atoms with E-state index in [9.17, 15) is 9.90 Å². The molecule has 2 unspecified atom stereocenters. The molecule has 0 aliphatic carbocycles. The summed E-state index contributed by atoms with van der Waals surface area (Å²) >= 11 is 0. The van der Waals surface area contributed by atoms with Gasteiger partial charge in [0, 0.05) is 12.5 Å². The Balaban J connectivity index is 3.77. The largest absolute Gasteiger partial charge is 0.396 e. The highest BCUT2D eigenvalue weighted by Crippen LogP contribution is 2.23. The fraction of sp³-hybridized carbons (Fsp3) is 0.842. The molecule has 0 aromatic carbocycles. The topological polar surface area (TPSA) is 63.3 Å². The van der Waals surface area contributed by atoms with Crippen LogP contribution in [-0.2, 0) is 4.79 Å². The first kappa shape index (κ1) is 21.2. The van der Waals surface area contributed by atoms with Crippen LogP contribution in [0.4, 0.5) is 0 Å². The van der Waals surface area contributed by atoms with Gasteiger partial charge in [0.15, 0.2) is 0 Å². The second-order valence-electron chi connectivity index (χ2n) is 6.35. The van der Waals surface area contributed by atoms with Crippen molar-refractivity contribution in [3.8, 4) is 0 Å². The lowest BCUT2D eigenvalue weighted by molar-refractivity contribution is -0.124. The van der Waals surface area contributed by atoms with Crippen LogP contribution in [0.25, 0.3) is 0 Å². The summed E-state index contributed by atoms with van der Waals surface area (Å²) in [6, 6.07) is 0. The average molecular weight is 312 g/mol. The molecule has 2 atom stereocenters. The number of amides is 1. The van der Waals surface area contributed by atoms with Gasteiger partial charge in [-0.15, -0.1) is 0 Å². The SMILES string of the molecule is CCCC/C=C\CCCCCCC(C(N)=O)C(CO)CCC. The number of allylic oxidation sites excluding steroid dienone is 2. The summed E-state index contributed by atoms with van der Waals surface area (Å²) in [5, 5.41) is 9.42. The number of hydrogen-bond acceptors (Lipinski definition) is 2. The Morgan fingerprint density at radius 2 is 1.59 bits per heavy atom. The highest BCUT2D eigenvalue weighted by atomic mass is 16.3. The predicted molar refractivity (Wildman–Crippen MR) is 94.5 cm³/mol. The van der Waals surface area contributed by atoms with Crippen LogP contribution in [0, 0.1) is 11.8 Å². The molecule has 130 valence electrons. The van der Waals surface area contributed by atoms with Crippen molar-refractivity contribution in [3.05, 3.63) is 12.2 Å². The van der Waals surface area contributed by atoms with Crippen molar-refractivity contribution in [1.29, 1.82) is 0 Å². The van der Waals surface area contributed by atoms with E-state index in [4.69, 9.17) is 5.73 Å². The molecule has 0 aromatic rings. The standard InChI is InChI=1S/C19H37NO2/c1-3-5-6-7-8-9-10-11-12-13-15-18(19(20)22)17(16-21)14-4-2/h7-8,17-18,21H,3-6,9-16H2,1-2H3,(H2,20,22)/b8-7-. The molecule has 1 amide bonds. The monoisotopic (exact) mass is 311 g/mol. The molecule has 3 N–H and O–H groups in total. The first-order chi connectivity index (χ1) is 10.7. The molecule has 0 radical (unpaired) electrons. The minimum Gasteiger partial charge on any atom is -0.396 e.